The first kappa shape index (κ1) is 9.01. The van der Waals surface area contributed by atoms with Gasteiger partial charge in [0.05, 0.1) is 0 Å². The summed E-state index contributed by atoms with van der Waals surface area (Å²) >= 11 is 0. The first-order valence-corrected chi connectivity index (χ1v) is 2.57. The van der Waals surface area contributed by atoms with E-state index in [0.717, 1.165) is 0 Å². The Balaban J connectivity index is 2.92. The molecule has 2 unspecified atom stereocenters. The fourth-order valence-electron chi connectivity index (χ4n) is 0.538. The van der Waals surface area contributed by atoms with E-state index in [1.807, 2.05) is 0 Å². The Morgan fingerprint density at radius 3 is 2.08 bits per heavy atom. The van der Waals surface area contributed by atoms with E-state index in [1.165, 1.54) is 0 Å². The highest BCUT2D eigenvalue weighted by Crippen LogP contribution is 2.43. The predicted octanol–water partition coefficient (Wildman–Crippen LogP) is 1.68. The van der Waals surface area contributed by atoms with E-state index in [4.69, 9.17) is 0 Å². The van der Waals surface area contributed by atoms with Crippen LogP contribution in [0.3, 0.4) is 0 Å². The molecule has 12 heavy (non-hydrogen) atoms. The number of carbonyl (C=O) groups is 1. The van der Waals surface area contributed by atoms with Crippen molar-refractivity contribution in [3.8, 4) is 0 Å². The largest absolute Gasteiger partial charge is 0.514 e. The number of hydrogen-bond donors (Lipinski definition) is 0. The third-order valence-corrected chi connectivity index (χ3v) is 1.11. The van der Waals surface area contributed by atoms with Gasteiger partial charge in [0.1, 0.15) is 0 Å². The van der Waals surface area contributed by atoms with Crippen LogP contribution in [-0.4, -0.2) is 24.5 Å². The second-order valence-electron chi connectivity index (χ2n) is 1.93. The Morgan fingerprint density at radius 2 is 1.92 bits per heavy atom. The molecule has 8 heteroatoms. The normalized spacial score (nSPS) is 36.1. The van der Waals surface area contributed by atoms with Gasteiger partial charge in [-0.2, -0.15) is 22.0 Å². The standard InChI is InChI=1S/C4HF5O3/c5-1-3(6,4(7,8)9)12-2(10)11-1/h1H. The number of rotatable bonds is 0. The van der Waals surface area contributed by atoms with Crippen LogP contribution in [0.25, 0.3) is 0 Å². The van der Waals surface area contributed by atoms with Gasteiger partial charge >= 0.3 is 24.5 Å². The molecule has 3 nitrogen and oxygen atoms in total. The van der Waals surface area contributed by atoms with Crippen molar-refractivity contribution < 1.29 is 36.2 Å². The van der Waals surface area contributed by atoms with Crippen LogP contribution >= 0.6 is 0 Å². The summed E-state index contributed by atoms with van der Waals surface area (Å²) < 4.78 is 65.4. The van der Waals surface area contributed by atoms with Gasteiger partial charge < -0.3 is 9.47 Å². The molecule has 1 saturated heterocycles. The molecule has 0 spiro atoms. The Labute approximate surface area is 62.0 Å². The third kappa shape index (κ3) is 1.07. The van der Waals surface area contributed by atoms with Gasteiger partial charge in [0.25, 0.3) is 0 Å². The van der Waals surface area contributed by atoms with Crippen LogP contribution < -0.4 is 0 Å². The number of halogens is 5. The van der Waals surface area contributed by atoms with Crippen LogP contribution in [0.2, 0.25) is 0 Å². The van der Waals surface area contributed by atoms with Crippen LogP contribution in [0.15, 0.2) is 0 Å². The van der Waals surface area contributed by atoms with Crippen molar-refractivity contribution >= 4 is 6.16 Å². The highest BCUT2D eigenvalue weighted by atomic mass is 19.4. The molecule has 1 aliphatic rings. The smallest absolute Gasteiger partial charge is 0.391 e. The molecule has 1 heterocycles. The van der Waals surface area contributed by atoms with Gasteiger partial charge in [0.15, 0.2) is 0 Å². The van der Waals surface area contributed by atoms with Gasteiger partial charge in [-0.1, -0.05) is 0 Å². The molecule has 0 radical (unpaired) electrons. The molecule has 0 aliphatic carbocycles. The zero-order chi connectivity index (χ0) is 9.57. The number of cyclic esters (lactones) is 2. The predicted molar refractivity (Wildman–Crippen MR) is 22.4 cm³/mol. The van der Waals surface area contributed by atoms with Crippen molar-refractivity contribution in [2.75, 3.05) is 0 Å². The maximum Gasteiger partial charge on any atom is 0.514 e. The first-order chi connectivity index (χ1) is 5.27. The minimum absolute atomic E-state index is 2.03. The van der Waals surface area contributed by atoms with Gasteiger partial charge in [0.2, 0.25) is 0 Å². The first-order valence-electron chi connectivity index (χ1n) is 2.57. The summed E-state index contributed by atoms with van der Waals surface area (Å²) in [5.41, 5.74) is 0. The lowest BCUT2D eigenvalue weighted by Gasteiger charge is -2.19. The molecule has 0 bridgehead atoms. The minimum Gasteiger partial charge on any atom is -0.391 e. The van der Waals surface area contributed by atoms with Gasteiger partial charge in [0, 0.05) is 0 Å². The van der Waals surface area contributed by atoms with E-state index < -0.39 is 24.5 Å². The number of hydrogen-bond acceptors (Lipinski definition) is 3. The molecule has 0 amide bonds. The lowest BCUT2D eigenvalue weighted by Crippen LogP contribution is -2.47. The molecule has 0 saturated carbocycles. The van der Waals surface area contributed by atoms with Crippen molar-refractivity contribution in [3.63, 3.8) is 0 Å². The molecule has 1 aliphatic heterocycles. The second kappa shape index (κ2) is 2.20. The molecule has 0 aromatic heterocycles. The van der Waals surface area contributed by atoms with E-state index >= 15 is 0 Å². The Hall–Kier alpha value is -1.08. The molecule has 1 fully saturated rings. The molecular formula is C4HF5O3. The SMILES string of the molecule is O=C1OC(F)C(F)(C(F)(F)F)O1. The van der Waals surface area contributed by atoms with Crippen molar-refractivity contribution in [3.05, 3.63) is 0 Å². The van der Waals surface area contributed by atoms with Crippen molar-refractivity contribution in [1.29, 1.82) is 0 Å². The minimum atomic E-state index is -5.64. The molecule has 0 aromatic rings. The van der Waals surface area contributed by atoms with E-state index in [2.05, 4.69) is 9.47 Å². The van der Waals surface area contributed by atoms with Gasteiger partial charge in [-0.3, -0.25) is 0 Å². The molecular weight excluding hydrogens is 191 g/mol. The third-order valence-electron chi connectivity index (χ3n) is 1.11. The summed E-state index contributed by atoms with van der Waals surface area (Å²) in [6, 6.07) is 0. The molecule has 2 atom stereocenters. The lowest BCUT2D eigenvalue weighted by atomic mass is 10.3. The Bertz CT molecular complexity index is 213. The second-order valence-corrected chi connectivity index (χ2v) is 1.93. The highest BCUT2D eigenvalue weighted by Gasteiger charge is 2.71. The van der Waals surface area contributed by atoms with Gasteiger partial charge in [-0.05, 0) is 0 Å². The number of ether oxygens (including phenoxy) is 2. The maximum atomic E-state index is 12.4. The van der Waals surface area contributed by atoms with Gasteiger partial charge in [-0.15, -0.1) is 0 Å². The molecule has 0 N–H and O–H groups in total. The fraction of sp³-hybridized carbons (Fsp3) is 0.750. The average Bonchev–Trinajstić information content (AvgIpc) is 2.06. The summed E-state index contributed by atoms with van der Waals surface area (Å²) in [5.74, 6) is -4.68. The van der Waals surface area contributed by atoms with Crippen LogP contribution in [0.4, 0.5) is 26.7 Å². The van der Waals surface area contributed by atoms with E-state index in [9.17, 15) is 26.7 Å². The fourth-order valence-corrected chi connectivity index (χ4v) is 0.538. The van der Waals surface area contributed by atoms with E-state index in [0.29, 0.717) is 0 Å². The summed E-state index contributed by atoms with van der Waals surface area (Å²) in [6.45, 7) is 0. The van der Waals surface area contributed by atoms with Crippen molar-refractivity contribution in [1.82, 2.24) is 0 Å². The van der Waals surface area contributed by atoms with Crippen LogP contribution in [0.1, 0.15) is 0 Å². The highest BCUT2D eigenvalue weighted by molar-refractivity contribution is 5.63. The zero-order valence-electron chi connectivity index (χ0n) is 5.19. The van der Waals surface area contributed by atoms with Crippen LogP contribution in [0, 0.1) is 0 Å². The topological polar surface area (TPSA) is 35.5 Å². The summed E-state index contributed by atoms with van der Waals surface area (Å²) in [4.78, 5) is 9.89. The molecule has 70 valence electrons. The summed E-state index contributed by atoms with van der Waals surface area (Å²) in [5, 5.41) is 0. The Morgan fingerprint density at radius 1 is 1.42 bits per heavy atom. The van der Waals surface area contributed by atoms with E-state index in [-0.39, 0.29) is 0 Å². The zero-order valence-corrected chi connectivity index (χ0v) is 5.19. The monoisotopic (exact) mass is 192 g/mol. The van der Waals surface area contributed by atoms with Crippen LogP contribution in [0.5, 0.6) is 0 Å². The summed E-state index contributed by atoms with van der Waals surface area (Å²) in [6.07, 6.45) is -11.1. The molecule has 1 rings (SSSR count). The van der Waals surface area contributed by atoms with Gasteiger partial charge in [-0.25, -0.2) is 4.79 Å². The maximum absolute atomic E-state index is 12.4. The summed E-state index contributed by atoms with van der Waals surface area (Å²) in [7, 11) is 0. The number of alkyl halides is 5. The quantitative estimate of drug-likeness (QED) is 0.432. The average molecular weight is 192 g/mol. The van der Waals surface area contributed by atoms with Crippen molar-refractivity contribution in [2.45, 2.75) is 18.4 Å². The molecule has 0 aromatic carbocycles. The number of carbonyl (C=O) groups excluding carboxylic acids is 1. The lowest BCUT2D eigenvalue weighted by molar-refractivity contribution is -0.328. The Kier molecular flexibility index (Phi) is 1.66. The van der Waals surface area contributed by atoms with Crippen LogP contribution in [-0.2, 0) is 9.47 Å². The van der Waals surface area contributed by atoms with E-state index in [1.54, 1.807) is 0 Å². The van der Waals surface area contributed by atoms with Crippen molar-refractivity contribution in [2.24, 2.45) is 0 Å².